The molecule has 1 aliphatic rings. The number of rotatable bonds is 8. The Kier molecular flexibility index (Phi) is 4.98. The summed E-state index contributed by atoms with van der Waals surface area (Å²) in [4.78, 5) is 24.9. The first-order chi connectivity index (χ1) is 10.1. The molecule has 0 atom stereocenters. The summed E-state index contributed by atoms with van der Waals surface area (Å²) in [5, 5.41) is 8.99. The number of hydrogen-bond acceptors (Lipinski definition) is 3. The number of nitrogens with zero attached hydrogens (tertiary/aromatic N) is 1. The molecule has 1 aliphatic carbocycles. The standard InChI is InChI=1S/C16H19NO4/c1-2-9-21-14-6-4-3-5-13(14)16(20)17(11-15(18)19)10-12-7-8-12/h2-6,12H,1,7-11H2,(H,18,19). The zero-order valence-corrected chi connectivity index (χ0v) is 11.8. The van der Waals surface area contributed by atoms with Crippen molar-refractivity contribution in [2.75, 3.05) is 19.7 Å². The van der Waals surface area contributed by atoms with Gasteiger partial charge in [0, 0.05) is 6.54 Å². The Bertz CT molecular complexity index is 537. The average Bonchev–Trinajstić information content (AvgIpc) is 3.27. The van der Waals surface area contributed by atoms with Crippen LogP contribution >= 0.6 is 0 Å². The Morgan fingerprint density at radius 3 is 2.71 bits per heavy atom. The fourth-order valence-corrected chi connectivity index (χ4v) is 2.08. The van der Waals surface area contributed by atoms with Crippen LogP contribution < -0.4 is 4.74 Å². The minimum atomic E-state index is -1.01. The van der Waals surface area contributed by atoms with Gasteiger partial charge in [-0.15, -0.1) is 0 Å². The molecule has 1 amide bonds. The minimum Gasteiger partial charge on any atom is -0.489 e. The molecular formula is C16H19NO4. The summed E-state index contributed by atoms with van der Waals surface area (Å²) in [7, 11) is 0. The van der Waals surface area contributed by atoms with E-state index in [0.29, 0.717) is 30.4 Å². The van der Waals surface area contributed by atoms with Crippen LogP contribution in [-0.4, -0.2) is 41.6 Å². The Hall–Kier alpha value is -2.30. The predicted molar refractivity (Wildman–Crippen MR) is 78.4 cm³/mol. The normalized spacial score (nSPS) is 13.5. The van der Waals surface area contributed by atoms with E-state index in [0.717, 1.165) is 12.8 Å². The van der Waals surface area contributed by atoms with E-state index in [2.05, 4.69) is 6.58 Å². The van der Waals surface area contributed by atoms with Crippen LogP contribution in [0, 0.1) is 5.92 Å². The Balaban J connectivity index is 2.18. The van der Waals surface area contributed by atoms with Crippen molar-refractivity contribution in [2.24, 2.45) is 5.92 Å². The summed E-state index contributed by atoms with van der Waals surface area (Å²) >= 11 is 0. The summed E-state index contributed by atoms with van der Waals surface area (Å²) in [6.45, 7) is 4.07. The number of benzene rings is 1. The number of para-hydroxylation sites is 1. The molecule has 5 heteroatoms. The van der Waals surface area contributed by atoms with Gasteiger partial charge >= 0.3 is 5.97 Å². The van der Waals surface area contributed by atoms with Gasteiger partial charge in [-0.25, -0.2) is 0 Å². The van der Waals surface area contributed by atoms with Crippen molar-refractivity contribution in [3.05, 3.63) is 42.5 Å². The van der Waals surface area contributed by atoms with Crippen LogP contribution in [0.4, 0.5) is 0 Å². The van der Waals surface area contributed by atoms with Gasteiger partial charge in [0.15, 0.2) is 0 Å². The SMILES string of the molecule is C=CCOc1ccccc1C(=O)N(CC(=O)O)CC1CC1. The number of aliphatic carboxylic acids is 1. The largest absolute Gasteiger partial charge is 0.489 e. The lowest BCUT2D eigenvalue weighted by Crippen LogP contribution is -2.37. The molecule has 112 valence electrons. The Labute approximate surface area is 123 Å². The molecule has 1 aromatic carbocycles. The summed E-state index contributed by atoms with van der Waals surface area (Å²) in [6, 6.07) is 6.87. The first kappa shape index (κ1) is 15.1. The summed E-state index contributed by atoms with van der Waals surface area (Å²) in [5.74, 6) is -0.430. The zero-order chi connectivity index (χ0) is 15.2. The van der Waals surface area contributed by atoms with E-state index in [9.17, 15) is 9.59 Å². The van der Waals surface area contributed by atoms with E-state index < -0.39 is 5.97 Å². The maximum atomic E-state index is 12.6. The van der Waals surface area contributed by atoms with E-state index in [1.807, 2.05) is 0 Å². The molecule has 0 heterocycles. The quantitative estimate of drug-likeness (QED) is 0.745. The Morgan fingerprint density at radius 2 is 2.10 bits per heavy atom. The van der Waals surface area contributed by atoms with E-state index in [-0.39, 0.29) is 12.5 Å². The number of carbonyl (C=O) groups excluding carboxylic acids is 1. The molecule has 0 radical (unpaired) electrons. The van der Waals surface area contributed by atoms with Crippen molar-refractivity contribution in [3.63, 3.8) is 0 Å². The zero-order valence-electron chi connectivity index (χ0n) is 11.8. The molecular weight excluding hydrogens is 270 g/mol. The third-order valence-corrected chi connectivity index (χ3v) is 3.26. The number of carboxylic acids is 1. The van der Waals surface area contributed by atoms with Crippen LogP contribution in [0.25, 0.3) is 0 Å². The van der Waals surface area contributed by atoms with Crippen LogP contribution in [0.3, 0.4) is 0 Å². The van der Waals surface area contributed by atoms with Gasteiger partial charge in [0.1, 0.15) is 18.9 Å². The monoisotopic (exact) mass is 289 g/mol. The second kappa shape index (κ2) is 6.92. The van der Waals surface area contributed by atoms with Gasteiger partial charge in [-0.1, -0.05) is 24.8 Å². The highest BCUT2D eigenvalue weighted by Gasteiger charge is 2.29. The van der Waals surface area contributed by atoms with Gasteiger partial charge in [-0.3, -0.25) is 9.59 Å². The lowest BCUT2D eigenvalue weighted by molar-refractivity contribution is -0.137. The molecule has 21 heavy (non-hydrogen) atoms. The summed E-state index contributed by atoms with van der Waals surface area (Å²) in [6.07, 6.45) is 3.70. The number of hydrogen-bond donors (Lipinski definition) is 1. The highest BCUT2D eigenvalue weighted by atomic mass is 16.5. The molecule has 2 rings (SSSR count). The van der Waals surface area contributed by atoms with Crippen LogP contribution in [0.5, 0.6) is 5.75 Å². The number of carboxylic acid groups (broad SMARTS) is 1. The predicted octanol–water partition coefficient (Wildman–Crippen LogP) is 2.19. The number of amides is 1. The fraction of sp³-hybridized carbons (Fsp3) is 0.375. The van der Waals surface area contributed by atoms with Crippen molar-refractivity contribution in [2.45, 2.75) is 12.8 Å². The first-order valence-corrected chi connectivity index (χ1v) is 6.95. The van der Waals surface area contributed by atoms with Crippen molar-refractivity contribution in [1.29, 1.82) is 0 Å². The molecule has 0 aliphatic heterocycles. The second-order valence-electron chi connectivity index (χ2n) is 5.12. The van der Waals surface area contributed by atoms with Gasteiger partial charge in [0.05, 0.1) is 5.56 Å². The average molecular weight is 289 g/mol. The van der Waals surface area contributed by atoms with Gasteiger partial charge in [0.2, 0.25) is 0 Å². The molecule has 1 fully saturated rings. The number of carbonyl (C=O) groups is 2. The minimum absolute atomic E-state index is 0.287. The molecule has 1 N–H and O–H groups in total. The third kappa shape index (κ3) is 4.34. The van der Waals surface area contributed by atoms with E-state index in [1.54, 1.807) is 30.3 Å². The molecule has 0 bridgehead atoms. The van der Waals surface area contributed by atoms with Crippen molar-refractivity contribution in [1.82, 2.24) is 4.90 Å². The number of ether oxygens (including phenoxy) is 1. The van der Waals surface area contributed by atoms with Crippen LogP contribution in [-0.2, 0) is 4.79 Å². The third-order valence-electron chi connectivity index (χ3n) is 3.26. The van der Waals surface area contributed by atoms with Crippen molar-refractivity contribution < 1.29 is 19.4 Å². The lowest BCUT2D eigenvalue weighted by Gasteiger charge is -2.21. The smallest absolute Gasteiger partial charge is 0.323 e. The molecule has 0 spiro atoms. The Morgan fingerprint density at radius 1 is 1.38 bits per heavy atom. The van der Waals surface area contributed by atoms with Crippen LogP contribution in [0.1, 0.15) is 23.2 Å². The first-order valence-electron chi connectivity index (χ1n) is 6.95. The van der Waals surface area contributed by atoms with Crippen LogP contribution in [0.2, 0.25) is 0 Å². The second-order valence-corrected chi connectivity index (χ2v) is 5.12. The van der Waals surface area contributed by atoms with Crippen molar-refractivity contribution >= 4 is 11.9 Å². The van der Waals surface area contributed by atoms with Gasteiger partial charge < -0.3 is 14.7 Å². The van der Waals surface area contributed by atoms with Crippen LogP contribution in [0.15, 0.2) is 36.9 Å². The summed E-state index contributed by atoms with van der Waals surface area (Å²) in [5.41, 5.74) is 0.390. The highest BCUT2D eigenvalue weighted by Crippen LogP contribution is 2.30. The molecule has 1 saturated carbocycles. The molecule has 0 aromatic heterocycles. The maximum absolute atomic E-state index is 12.6. The molecule has 0 saturated heterocycles. The van der Waals surface area contributed by atoms with E-state index in [4.69, 9.17) is 9.84 Å². The van der Waals surface area contributed by atoms with Gasteiger partial charge in [-0.05, 0) is 30.9 Å². The lowest BCUT2D eigenvalue weighted by atomic mass is 10.1. The molecule has 1 aromatic rings. The molecule has 0 unspecified atom stereocenters. The summed E-state index contributed by atoms with van der Waals surface area (Å²) < 4.78 is 5.47. The highest BCUT2D eigenvalue weighted by molar-refractivity contribution is 5.98. The van der Waals surface area contributed by atoms with Crippen molar-refractivity contribution in [3.8, 4) is 5.75 Å². The van der Waals surface area contributed by atoms with E-state index >= 15 is 0 Å². The molecule has 5 nitrogen and oxygen atoms in total. The maximum Gasteiger partial charge on any atom is 0.323 e. The fourth-order valence-electron chi connectivity index (χ4n) is 2.08. The van der Waals surface area contributed by atoms with Gasteiger partial charge in [0.25, 0.3) is 5.91 Å². The van der Waals surface area contributed by atoms with E-state index in [1.165, 1.54) is 4.90 Å². The topological polar surface area (TPSA) is 66.8 Å². The van der Waals surface area contributed by atoms with Gasteiger partial charge in [-0.2, -0.15) is 0 Å².